The molecular weight excluding hydrogens is 214 g/mol. The normalized spacial score (nSPS) is 21.7. The van der Waals surface area contributed by atoms with Crippen LogP contribution in [0.2, 0.25) is 0 Å². The first-order valence-electron chi connectivity index (χ1n) is 6.69. The molecule has 0 aliphatic carbocycles. The zero-order valence-electron chi connectivity index (χ0n) is 12.1. The summed E-state index contributed by atoms with van der Waals surface area (Å²) in [5.74, 6) is 0. The molecule has 0 aromatic carbocycles. The molecule has 0 bridgehead atoms. The van der Waals surface area contributed by atoms with Crippen molar-refractivity contribution in [2.75, 3.05) is 53.4 Å². The first-order chi connectivity index (χ1) is 7.99. The molecule has 1 fully saturated rings. The summed E-state index contributed by atoms with van der Waals surface area (Å²) in [5, 5.41) is 3.55. The van der Waals surface area contributed by atoms with Gasteiger partial charge in [-0.25, -0.2) is 0 Å². The van der Waals surface area contributed by atoms with E-state index >= 15 is 0 Å². The average molecular weight is 243 g/mol. The fourth-order valence-corrected chi connectivity index (χ4v) is 2.21. The molecule has 1 saturated heterocycles. The van der Waals surface area contributed by atoms with Gasteiger partial charge >= 0.3 is 0 Å². The topological polar surface area (TPSA) is 27.7 Å². The molecule has 1 rings (SSSR count). The van der Waals surface area contributed by atoms with E-state index in [1.807, 2.05) is 0 Å². The maximum absolute atomic E-state index is 5.62. The van der Waals surface area contributed by atoms with E-state index in [0.29, 0.717) is 6.04 Å². The van der Waals surface area contributed by atoms with Crippen molar-refractivity contribution in [3.8, 4) is 0 Å². The minimum Gasteiger partial charge on any atom is -0.377 e. The van der Waals surface area contributed by atoms with Crippen molar-refractivity contribution in [3.63, 3.8) is 0 Å². The summed E-state index contributed by atoms with van der Waals surface area (Å²) in [7, 11) is 3.99. The summed E-state index contributed by atoms with van der Waals surface area (Å²) in [6.07, 6.45) is 0. The lowest BCUT2D eigenvalue weighted by Gasteiger charge is -2.40. The second-order valence-electron chi connectivity index (χ2n) is 5.52. The molecule has 1 atom stereocenters. The number of ether oxygens (including phenoxy) is 1. The fourth-order valence-electron chi connectivity index (χ4n) is 2.21. The van der Waals surface area contributed by atoms with Crippen LogP contribution in [0.25, 0.3) is 0 Å². The maximum atomic E-state index is 5.62. The molecule has 1 aliphatic rings. The van der Waals surface area contributed by atoms with Crippen LogP contribution < -0.4 is 5.32 Å². The van der Waals surface area contributed by atoms with Crippen molar-refractivity contribution < 1.29 is 4.74 Å². The average Bonchev–Trinajstić information content (AvgIpc) is 2.31. The number of hydrogen-bond acceptors (Lipinski definition) is 4. The molecule has 1 N–H and O–H groups in total. The number of rotatable bonds is 6. The van der Waals surface area contributed by atoms with Crippen LogP contribution in [0.3, 0.4) is 0 Å². The highest BCUT2D eigenvalue weighted by Crippen LogP contribution is 2.15. The number of piperazine rings is 1. The molecule has 4 heteroatoms. The van der Waals surface area contributed by atoms with E-state index < -0.39 is 0 Å². The zero-order chi connectivity index (χ0) is 12.9. The monoisotopic (exact) mass is 243 g/mol. The van der Waals surface area contributed by atoms with Crippen molar-refractivity contribution >= 4 is 0 Å². The molecule has 102 valence electrons. The zero-order valence-corrected chi connectivity index (χ0v) is 12.1. The van der Waals surface area contributed by atoms with Gasteiger partial charge in [-0.15, -0.1) is 0 Å². The molecule has 4 nitrogen and oxygen atoms in total. The number of nitrogens with zero attached hydrogens (tertiary/aromatic N) is 2. The number of likely N-dealkylation sites (N-methyl/N-ethyl adjacent to an activating group) is 2. The van der Waals surface area contributed by atoms with E-state index in [0.717, 1.165) is 26.2 Å². The Bertz CT molecular complexity index is 213. The number of nitrogens with one attached hydrogen (secondary N) is 1. The van der Waals surface area contributed by atoms with Crippen LogP contribution in [0.5, 0.6) is 0 Å². The Morgan fingerprint density at radius 2 is 1.82 bits per heavy atom. The minimum atomic E-state index is -0.112. The largest absolute Gasteiger partial charge is 0.377 e. The Hall–Kier alpha value is -0.160. The second-order valence-corrected chi connectivity index (χ2v) is 5.52. The van der Waals surface area contributed by atoms with E-state index in [1.165, 1.54) is 13.1 Å². The van der Waals surface area contributed by atoms with Crippen molar-refractivity contribution in [3.05, 3.63) is 0 Å². The van der Waals surface area contributed by atoms with Crippen LogP contribution >= 0.6 is 0 Å². The second kappa shape index (κ2) is 6.69. The molecule has 0 aromatic heterocycles. The molecule has 1 heterocycles. The Kier molecular flexibility index (Phi) is 5.86. The van der Waals surface area contributed by atoms with Gasteiger partial charge in [0.15, 0.2) is 0 Å². The quantitative estimate of drug-likeness (QED) is 0.741. The van der Waals surface area contributed by atoms with Crippen molar-refractivity contribution in [2.24, 2.45) is 0 Å². The van der Waals surface area contributed by atoms with E-state index in [9.17, 15) is 0 Å². The number of methoxy groups -OCH3 is 1. The van der Waals surface area contributed by atoms with Gasteiger partial charge in [-0.2, -0.15) is 0 Å². The molecule has 0 radical (unpaired) electrons. The van der Waals surface area contributed by atoms with Crippen LogP contribution in [0.1, 0.15) is 20.8 Å². The molecule has 0 aromatic rings. The van der Waals surface area contributed by atoms with Crippen molar-refractivity contribution in [2.45, 2.75) is 32.4 Å². The van der Waals surface area contributed by atoms with Gasteiger partial charge in [0.2, 0.25) is 0 Å². The lowest BCUT2D eigenvalue weighted by Crippen LogP contribution is -2.56. The molecule has 0 amide bonds. The molecule has 17 heavy (non-hydrogen) atoms. The maximum Gasteiger partial charge on any atom is 0.0787 e. The standard InChI is InChI=1S/C13H29N3O/c1-6-14-12(13(2,3)17-5)11-16-9-7-15(4)8-10-16/h12,14H,6-11H2,1-5H3. The summed E-state index contributed by atoms with van der Waals surface area (Å²) < 4.78 is 5.62. The number of hydrogen-bond donors (Lipinski definition) is 1. The summed E-state index contributed by atoms with van der Waals surface area (Å²) in [6.45, 7) is 13.2. The summed E-state index contributed by atoms with van der Waals surface area (Å²) in [4.78, 5) is 4.92. The minimum absolute atomic E-state index is 0.112. The predicted molar refractivity (Wildman–Crippen MR) is 72.5 cm³/mol. The van der Waals surface area contributed by atoms with Gasteiger partial charge in [0.05, 0.1) is 5.60 Å². The van der Waals surface area contributed by atoms with Crippen LogP contribution in [0, 0.1) is 0 Å². The van der Waals surface area contributed by atoms with Crippen LogP contribution in [-0.2, 0) is 4.74 Å². The molecule has 0 saturated carbocycles. The molecule has 1 unspecified atom stereocenters. The summed E-state index contributed by atoms with van der Waals surface area (Å²) in [6, 6.07) is 0.390. The van der Waals surface area contributed by atoms with Gasteiger partial charge in [-0.3, -0.25) is 4.90 Å². The third-order valence-corrected chi connectivity index (χ3v) is 3.85. The van der Waals surface area contributed by atoms with E-state index in [2.05, 4.69) is 42.9 Å². The first kappa shape index (κ1) is 14.9. The lowest BCUT2D eigenvalue weighted by atomic mass is 9.97. The van der Waals surface area contributed by atoms with Crippen molar-refractivity contribution in [1.29, 1.82) is 0 Å². The highest BCUT2D eigenvalue weighted by molar-refractivity contribution is 4.88. The molecular formula is C13H29N3O. The van der Waals surface area contributed by atoms with Gasteiger partial charge in [-0.05, 0) is 27.4 Å². The van der Waals surface area contributed by atoms with Crippen LogP contribution in [0.4, 0.5) is 0 Å². The van der Waals surface area contributed by atoms with Gasteiger partial charge in [-0.1, -0.05) is 6.92 Å². The third kappa shape index (κ3) is 4.54. The highest BCUT2D eigenvalue weighted by Gasteiger charge is 2.30. The smallest absolute Gasteiger partial charge is 0.0787 e. The van der Waals surface area contributed by atoms with Gasteiger partial charge in [0.1, 0.15) is 0 Å². The Morgan fingerprint density at radius 3 is 2.29 bits per heavy atom. The van der Waals surface area contributed by atoms with Gasteiger partial charge < -0.3 is 15.0 Å². The van der Waals surface area contributed by atoms with Gasteiger partial charge in [0.25, 0.3) is 0 Å². The van der Waals surface area contributed by atoms with Crippen LogP contribution in [-0.4, -0.2) is 74.9 Å². The Morgan fingerprint density at radius 1 is 1.24 bits per heavy atom. The third-order valence-electron chi connectivity index (χ3n) is 3.85. The van der Waals surface area contributed by atoms with Crippen LogP contribution in [0.15, 0.2) is 0 Å². The summed E-state index contributed by atoms with van der Waals surface area (Å²) in [5.41, 5.74) is -0.112. The van der Waals surface area contributed by atoms with Crippen molar-refractivity contribution in [1.82, 2.24) is 15.1 Å². The highest BCUT2D eigenvalue weighted by atomic mass is 16.5. The van der Waals surface area contributed by atoms with E-state index in [1.54, 1.807) is 7.11 Å². The summed E-state index contributed by atoms with van der Waals surface area (Å²) >= 11 is 0. The SMILES string of the molecule is CCNC(CN1CCN(C)CC1)C(C)(C)OC. The first-order valence-corrected chi connectivity index (χ1v) is 6.69. The Labute approximate surface area is 106 Å². The predicted octanol–water partition coefficient (Wildman–Crippen LogP) is 0.637. The van der Waals surface area contributed by atoms with Gasteiger partial charge in [0, 0.05) is 45.9 Å². The molecule has 0 spiro atoms. The Balaban J connectivity index is 2.49. The van der Waals surface area contributed by atoms with E-state index in [4.69, 9.17) is 4.74 Å². The fraction of sp³-hybridized carbons (Fsp3) is 1.00. The molecule has 1 aliphatic heterocycles. The lowest BCUT2D eigenvalue weighted by molar-refractivity contribution is -0.0227. The van der Waals surface area contributed by atoms with E-state index in [-0.39, 0.29) is 5.60 Å².